The van der Waals surface area contributed by atoms with Crippen molar-refractivity contribution in [2.24, 2.45) is 0 Å². The minimum atomic E-state index is -0.194. The minimum absolute atomic E-state index is 0.0994. The van der Waals surface area contributed by atoms with E-state index in [0.29, 0.717) is 30.7 Å². The average molecular weight is 493 g/mol. The maximum atomic E-state index is 10.1. The number of aliphatic hydroxyl groups is 1. The zero-order valence-corrected chi connectivity index (χ0v) is 21.1. The van der Waals surface area contributed by atoms with Gasteiger partial charge in [-0.3, -0.25) is 0 Å². The molecule has 3 aromatic heterocycles. The van der Waals surface area contributed by atoms with Gasteiger partial charge in [0, 0.05) is 49.6 Å². The Morgan fingerprint density at radius 2 is 1.89 bits per heavy atom. The molecule has 3 atom stereocenters. The Bertz CT molecular complexity index is 1200. The molecule has 6 rings (SSSR count). The summed E-state index contributed by atoms with van der Waals surface area (Å²) < 4.78 is 13.4. The molecule has 0 spiro atoms. The molecule has 2 aliphatic heterocycles. The molecule has 192 valence electrons. The van der Waals surface area contributed by atoms with Crippen LogP contribution in [0.25, 0.3) is 16.6 Å². The molecule has 1 aliphatic carbocycles. The van der Waals surface area contributed by atoms with Gasteiger partial charge < -0.3 is 24.8 Å². The van der Waals surface area contributed by atoms with E-state index in [9.17, 15) is 5.11 Å². The van der Waals surface area contributed by atoms with Gasteiger partial charge in [-0.05, 0) is 69.2 Å². The van der Waals surface area contributed by atoms with Crippen LogP contribution in [0.1, 0.15) is 57.1 Å². The van der Waals surface area contributed by atoms with Crippen molar-refractivity contribution in [2.75, 3.05) is 37.0 Å². The number of rotatable bonds is 7. The summed E-state index contributed by atoms with van der Waals surface area (Å²) in [5, 5.41) is 18.3. The molecule has 2 bridgehead atoms. The van der Waals surface area contributed by atoms with Crippen molar-refractivity contribution >= 4 is 17.3 Å². The molecule has 9 nitrogen and oxygen atoms in total. The number of fused-ring (bicyclic) bond motifs is 3. The highest BCUT2D eigenvalue weighted by atomic mass is 16.5. The zero-order valence-electron chi connectivity index (χ0n) is 21.1. The van der Waals surface area contributed by atoms with Crippen LogP contribution in [-0.4, -0.2) is 75.8 Å². The summed E-state index contributed by atoms with van der Waals surface area (Å²) in [7, 11) is 1.70. The Balaban J connectivity index is 1.37. The van der Waals surface area contributed by atoms with Gasteiger partial charge in [-0.1, -0.05) is 0 Å². The lowest BCUT2D eigenvalue weighted by Crippen LogP contribution is -2.43. The van der Waals surface area contributed by atoms with Crippen LogP contribution < -0.4 is 10.2 Å². The number of anilines is 2. The molecule has 3 aromatic rings. The Morgan fingerprint density at radius 3 is 2.64 bits per heavy atom. The minimum Gasteiger partial charge on any atom is -0.393 e. The first-order valence-corrected chi connectivity index (χ1v) is 13.3. The molecule has 0 radical (unpaired) electrons. The Labute approximate surface area is 211 Å². The first-order valence-electron chi connectivity index (χ1n) is 13.3. The molecule has 36 heavy (non-hydrogen) atoms. The Hall–Kier alpha value is -2.75. The van der Waals surface area contributed by atoms with E-state index in [2.05, 4.69) is 44.8 Å². The summed E-state index contributed by atoms with van der Waals surface area (Å²) in [6.07, 6.45) is 10.1. The standard InChI is InChI=1S/C27H36N6O3/c1-17(16-35-2)30-27-29-13-25-23(12-24(33(25)31-27)18-3-5-20(34)6-4-18)19-9-10-28-26(11-19)32-14-21-7-8-22(15-32)36-21/h9-13,17-18,20-22,34H,3-8,14-16H2,1-2H3,(H,30,31)/t17-,18?,20?,21-,22+/m0/s1. The highest BCUT2D eigenvalue weighted by Crippen LogP contribution is 2.38. The number of hydrogen-bond acceptors (Lipinski definition) is 8. The van der Waals surface area contributed by atoms with Crippen LogP contribution in [0.4, 0.5) is 11.8 Å². The van der Waals surface area contributed by atoms with Crippen LogP contribution in [0.2, 0.25) is 0 Å². The Morgan fingerprint density at radius 1 is 1.11 bits per heavy atom. The van der Waals surface area contributed by atoms with E-state index in [1.165, 1.54) is 5.69 Å². The molecule has 0 aromatic carbocycles. The number of ether oxygens (including phenoxy) is 2. The van der Waals surface area contributed by atoms with Crippen LogP contribution >= 0.6 is 0 Å². The van der Waals surface area contributed by atoms with Crippen molar-refractivity contribution in [3.63, 3.8) is 0 Å². The van der Waals surface area contributed by atoms with E-state index < -0.39 is 0 Å². The largest absolute Gasteiger partial charge is 0.393 e. The molecule has 5 heterocycles. The lowest BCUT2D eigenvalue weighted by Gasteiger charge is -2.33. The van der Waals surface area contributed by atoms with Gasteiger partial charge in [0.25, 0.3) is 0 Å². The van der Waals surface area contributed by atoms with Crippen molar-refractivity contribution in [1.82, 2.24) is 19.6 Å². The fourth-order valence-electron chi connectivity index (χ4n) is 6.05. The van der Waals surface area contributed by atoms with Crippen LogP contribution in [0.15, 0.2) is 30.6 Å². The van der Waals surface area contributed by atoms with Crippen LogP contribution in [0.3, 0.4) is 0 Å². The fourth-order valence-corrected chi connectivity index (χ4v) is 6.05. The van der Waals surface area contributed by atoms with E-state index in [1.54, 1.807) is 7.11 Å². The second kappa shape index (κ2) is 9.95. The van der Waals surface area contributed by atoms with Gasteiger partial charge in [0.15, 0.2) is 0 Å². The van der Waals surface area contributed by atoms with Gasteiger partial charge in [-0.15, -0.1) is 5.10 Å². The summed E-state index contributed by atoms with van der Waals surface area (Å²) in [4.78, 5) is 11.7. The summed E-state index contributed by atoms with van der Waals surface area (Å²) in [5.41, 5.74) is 4.41. The molecule has 2 saturated heterocycles. The molecular weight excluding hydrogens is 456 g/mol. The number of methoxy groups -OCH3 is 1. The molecular formula is C27H36N6O3. The average Bonchev–Trinajstić information content (AvgIpc) is 3.43. The highest BCUT2D eigenvalue weighted by Gasteiger charge is 2.34. The first-order chi connectivity index (χ1) is 17.6. The third-order valence-corrected chi connectivity index (χ3v) is 7.88. The van der Waals surface area contributed by atoms with Crippen molar-refractivity contribution in [1.29, 1.82) is 0 Å². The SMILES string of the molecule is COC[C@H](C)Nc1ncc2c(-c3ccnc(N4C[C@H]5CC[C@@H](C4)O5)c3)cc(C3CCC(O)CC3)n2n1. The summed E-state index contributed by atoms with van der Waals surface area (Å²) in [6.45, 7) is 4.43. The lowest BCUT2D eigenvalue weighted by atomic mass is 9.85. The monoisotopic (exact) mass is 492 g/mol. The Kier molecular flexibility index (Phi) is 6.54. The van der Waals surface area contributed by atoms with Crippen molar-refractivity contribution in [2.45, 2.75) is 75.7 Å². The number of pyridine rings is 1. The topological polar surface area (TPSA) is 97.0 Å². The summed E-state index contributed by atoms with van der Waals surface area (Å²) in [5.74, 6) is 1.94. The third kappa shape index (κ3) is 4.67. The number of aliphatic hydroxyl groups excluding tert-OH is 1. The second-order valence-corrected chi connectivity index (χ2v) is 10.6. The molecule has 2 N–H and O–H groups in total. The van der Waals surface area contributed by atoms with E-state index in [0.717, 1.165) is 74.1 Å². The van der Waals surface area contributed by atoms with Crippen LogP contribution in [-0.2, 0) is 9.47 Å². The maximum Gasteiger partial charge on any atom is 0.241 e. The number of morpholine rings is 1. The van der Waals surface area contributed by atoms with Crippen molar-refractivity contribution < 1.29 is 14.6 Å². The van der Waals surface area contributed by atoms with E-state index in [-0.39, 0.29) is 12.1 Å². The molecule has 3 aliphatic rings. The predicted octanol–water partition coefficient (Wildman–Crippen LogP) is 3.62. The number of aromatic nitrogens is 4. The maximum absolute atomic E-state index is 10.1. The summed E-state index contributed by atoms with van der Waals surface area (Å²) >= 11 is 0. The van der Waals surface area contributed by atoms with Gasteiger partial charge >= 0.3 is 0 Å². The second-order valence-electron chi connectivity index (χ2n) is 10.6. The molecule has 1 saturated carbocycles. The number of nitrogens with zero attached hydrogens (tertiary/aromatic N) is 5. The molecule has 3 fully saturated rings. The van der Waals surface area contributed by atoms with Crippen molar-refractivity contribution in [3.05, 3.63) is 36.3 Å². The summed E-state index contributed by atoms with van der Waals surface area (Å²) in [6, 6.07) is 6.65. The quantitative estimate of drug-likeness (QED) is 0.516. The van der Waals surface area contributed by atoms with E-state index in [4.69, 9.17) is 19.6 Å². The number of hydrogen-bond donors (Lipinski definition) is 2. The van der Waals surface area contributed by atoms with Crippen molar-refractivity contribution in [3.8, 4) is 11.1 Å². The fraction of sp³-hybridized carbons (Fsp3) is 0.593. The molecule has 0 amide bonds. The van der Waals surface area contributed by atoms with Gasteiger partial charge in [-0.2, -0.15) is 0 Å². The lowest BCUT2D eigenvalue weighted by molar-refractivity contribution is 0.0302. The number of nitrogens with one attached hydrogen (secondary N) is 1. The van der Waals surface area contributed by atoms with E-state index in [1.807, 2.05) is 12.4 Å². The van der Waals surface area contributed by atoms with Gasteiger partial charge in [-0.25, -0.2) is 14.5 Å². The normalized spacial score (nSPS) is 26.9. The zero-order chi connectivity index (χ0) is 24.6. The smallest absolute Gasteiger partial charge is 0.241 e. The molecule has 9 heteroatoms. The molecule has 0 unspecified atom stereocenters. The van der Waals surface area contributed by atoms with Gasteiger partial charge in [0.05, 0.1) is 36.6 Å². The van der Waals surface area contributed by atoms with Crippen LogP contribution in [0.5, 0.6) is 0 Å². The van der Waals surface area contributed by atoms with Gasteiger partial charge in [0.1, 0.15) is 5.82 Å². The van der Waals surface area contributed by atoms with Gasteiger partial charge in [0.2, 0.25) is 5.95 Å². The predicted molar refractivity (Wildman–Crippen MR) is 139 cm³/mol. The first kappa shape index (κ1) is 23.6. The van der Waals surface area contributed by atoms with Crippen LogP contribution in [0, 0.1) is 0 Å². The third-order valence-electron chi connectivity index (χ3n) is 7.88. The highest BCUT2D eigenvalue weighted by molar-refractivity contribution is 5.82. The van der Waals surface area contributed by atoms with E-state index >= 15 is 0 Å².